The van der Waals surface area contributed by atoms with Crippen LogP contribution in [-0.2, 0) is 0 Å². The Balaban J connectivity index is 2.51. The fourth-order valence-corrected chi connectivity index (χ4v) is 1.17. The summed E-state index contributed by atoms with van der Waals surface area (Å²) in [5, 5.41) is 13.8. The first kappa shape index (κ1) is 12.0. The van der Waals surface area contributed by atoms with E-state index in [9.17, 15) is 4.79 Å². The van der Waals surface area contributed by atoms with Gasteiger partial charge in [-0.15, -0.1) is 0 Å². The van der Waals surface area contributed by atoms with Crippen molar-refractivity contribution in [2.24, 2.45) is 10.9 Å². The van der Waals surface area contributed by atoms with Crippen molar-refractivity contribution in [2.75, 3.05) is 6.54 Å². The van der Waals surface area contributed by atoms with Crippen molar-refractivity contribution >= 4 is 11.7 Å². The number of nitrogens with one attached hydrogen (secondary N) is 1. The van der Waals surface area contributed by atoms with E-state index >= 15 is 0 Å². The van der Waals surface area contributed by atoms with Crippen molar-refractivity contribution in [2.45, 2.75) is 13.3 Å². The number of amidine groups is 1. The number of amides is 1. The van der Waals surface area contributed by atoms with Gasteiger partial charge >= 0.3 is 0 Å². The van der Waals surface area contributed by atoms with Crippen LogP contribution >= 0.6 is 0 Å². The number of nitrogens with zero attached hydrogens (tertiary/aromatic N) is 2. The van der Waals surface area contributed by atoms with E-state index in [0.29, 0.717) is 24.2 Å². The standard InChI is InChI=1S/C10H14N4O2/c1-7-8(3-2-5-12-7)10(15)13-6-4-9(11)14-16/h2-3,5,16H,4,6H2,1H3,(H2,11,14)(H,13,15). The molecule has 0 saturated carbocycles. The lowest BCUT2D eigenvalue weighted by Gasteiger charge is -2.05. The van der Waals surface area contributed by atoms with E-state index in [4.69, 9.17) is 10.9 Å². The summed E-state index contributed by atoms with van der Waals surface area (Å²) in [6, 6.07) is 3.40. The van der Waals surface area contributed by atoms with Gasteiger partial charge in [-0.25, -0.2) is 0 Å². The second kappa shape index (κ2) is 5.69. The summed E-state index contributed by atoms with van der Waals surface area (Å²) in [6.07, 6.45) is 1.93. The Labute approximate surface area is 93.2 Å². The highest BCUT2D eigenvalue weighted by Crippen LogP contribution is 2.02. The third kappa shape index (κ3) is 3.23. The Bertz CT molecular complexity index is 404. The molecule has 1 rings (SSSR count). The minimum Gasteiger partial charge on any atom is -0.409 e. The van der Waals surface area contributed by atoms with Crippen LogP contribution in [0, 0.1) is 6.92 Å². The monoisotopic (exact) mass is 222 g/mol. The van der Waals surface area contributed by atoms with Crippen LogP contribution < -0.4 is 11.1 Å². The predicted octanol–water partition coefficient (Wildman–Crippen LogP) is 0.256. The van der Waals surface area contributed by atoms with E-state index in [0.717, 1.165) is 0 Å². The SMILES string of the molecule is Cc1ncccc1C(=O)NCCC(N)=NO. The Hall–Kier alpha value is -2.11. The van der Waals surface area contributed by atoms with Crippen molar-refractivity contribution in [3.05, 3.63) is 29.6 Å². The number of hydrogen-bond acceptors (Lipinski definition) is 4. The molecule has 0 unspecified atom stereocenters. The van der Waals surface area contributed by atoms with Crippen molar-refractivity contribution < 1.29 is 10.0 Å². The van der Waals surface area contributed by atoms with Gasteiger partial charge < -0.3 is 16.3 Å². The van der Waals surface area contributed by atoms with Crippen LogP contribution in [0.1, 0.15) is 22.5 Å². The van der Waals surface area contributed by atoms with Gasteiger partial charge in [0.15, 0.2) is 0 Å². The van der Waals surface area contributed by atoms with Crippen molar-refractivity contribution in [1.82, 2.24) is 10.3 Å². The fourth-order valence-electron chi connectivity index (χ4n) is 1.17. The highest BCUT2D eigenvalue weighted by molar-refractivity contribution is 5.95. The number of aryl methyl sites for hydroxylation is 1. The van der Waals surface area contributed by atoms with Crippen LogP contribution in [0.3, 0.4) is 0 Å². The Kier molecular flexibility index (Phi) is 4.26. The third-order valence-electron chi connectivity index (χ3n) is 2.05. The molecule has 1 aromatic heterocycles. The molecule has 0 radical (unpaired) electrons. The first-order chi connectivity index (χ1) is 7.65. The Morgan fingerprint density at radius 2 is 2.44 bits per heavy atom. The van der Waals surface area contributed by atoms with Crippen LogP contribution in [-0.4, -0.2) is 28.5 Å². The largest absolute Gasteiger partial charge is 0.409 e. The number of pyridine rings is 1. The lowest BCUT2D eigenvalue weighted by molar-refractivity contribution is 0.0953. The zero-order chi connectivity index (χ0) is 12.0. The lowest BCUT2D eigenvalue weighted by atomic mass is 10.2. The Morgan fingerprint density at radius 1 is 1.69 bits per heavy atom. The second-order valence-corrected chi connectivity index (χ2v) is 3.23. The molecule has 0 saturated heterocycles. The van der Waals surface area contributed by atoms with Gasteiger partial charge in [0.05, 0.1) is 5.56 Å². The third-order valence-corrected chi connectivity index (χ3v) is 2.05. The van der Waals surface area contributed by atoms with E-state index in [1.165, 1.54) is 0 Å². The summed E-state index contributed by atoms with van der Waals surface area (Å²) >= 11 is 0. The summed E-state index contributed by atoms with van der Waals surface area (Å²) in [6.45, 7) is 2.08. The minimum absolute atomic E-state index is 0.0863. The number of carbonyl (C=O) groups is 1. The van der Waals surface area contributed by atoms with Crippen LogP contribution in [0.4, 0.5) is 0 Å². The average Bonchev–Trinajstić information content (AvgIpc) is 2.29. The first-order valence-corrected chi connectivity index (χ1v) is 4.81. The summed E-state index contributed by atoms with van der Waals surface area (Å²) in [4.78, 5) is 15.7. The van der Waals surface area contributed by atoms with E-state index in [2.05, 4.69) is 15.5 Å². The first-order valence-electron chi connectivity index (χ1n) is 4.81. The maximum Gasteiger partial charge on any atom is 0.253 e. The molecule has 0 aromatic carbocycles. The maximum absolute atomic E-state index is 11.6. The summed E-state index contributed by atoms with van der Waals surface area (Å²) in [5.41, 5.74) is 6.46. The molecule has 1 amide bonds. The maximum atomic E-state index is 11.6. The van der Waals surface area contributed by atoms with Crippen molar-refractivity contribution in [1.29, 1.82) is 0 Å². The molecule has 0 aliphatic heterocycles. The summed E-state index contributed by atoms with van der Waals surface area (Å²) < 4.78 is 0. The molecular weight excluding hydrogens is 208 g/mol. The van der Waals surface area contributed by atoms with Gasteiger partial charge in [0, 0.05) is 24.9 Å². The van der Waals surface area contributed by atoms with Crippen LogP contribution in [0.15, 0.2) is 23.5 Å². The number of oxime groups is 1. The van der Waals surface area contributed by atoms with Crippen LogP contribution in [0.5, 0.6) is 0 Å². The van der Waals surface area contributed by atoms with Gasteiger partial charge in [0.25, 0.3) is 5.91 Å². The van der Waals surface area contributed by atoms with Crippen LogP contribution in [0.25, 0.3) is 0 Å². The van der Waals surface area contributed by atoms with Gasteiger partial charge in [0.2, 0.25) is 0 Å². The van der Waals surface area contributed by atoms with E-state index in [1.54, 1.807) is 25.3 Å². The number of carbonyl (C=O) groups excluding carboxylic acids is 1. The van der Waals surface area contributed by atoms with E-state index in [1.807, 2.05) is 0 Å². The second-order valence-electron chi connectivity index (χ2n) is 3.23. The zero-order valence-corrected chi connectivity index (χ0v) is 8.97. The van der Waals surface area contributed by atoms with E-state index < -0.39 is 0 Å². The van der Waals surface area contributed by atoms with Gasteiger partial charge in [-0.2, -0.15) is 0 Å². The highest BCUT2D eigenvalue weighted by atomic mass is 16.4. The molecule has 0 atom stereocenters. The average molecular weight is 222 g/mol. The molecular formula is C10H14N4O2. The van der Waals surface area contributed by atoms with Gasteiger partial charge in [-0.05, 0) is 19.1 Å². The number of nitrogens with two attached hydrogens (primary N) is 1. The predicted molar refractivity (Wildman–Crippen MR) is 59.3 cm³/mol. The molecule has 6 heteroatoms. The molecule has 1 heterocycles. The molecule has 4 N–H and O–H groups in total. The molecule has 0 aliphatic rings. The Morgan fingerprint density at radius 3 is 3.06 bits per heavy atom. The van der Waals surface area contributed by atoms with Gasteiger partial charge in [-0.1, -0.05) is 5.16 Å². The van der Waals surface area contributed by atoms with Gasteiger partial charge in [0.1, 0.15) is 5.84 Å². The highest BCUT2D eigenvalue weighted by Gasteiger charge is 2.08. The molecule has 0 fully saturated rings. The lowest BCUT2D eigenvalue weighted by Crippen LogP contribution is -2.28. The van der Waals surface area contributed by atoms with Crippen molar-refractivity contribution in [3.63, 3.8) is 0 Å². The molecule has 0 spiro atoms. The summed E-state index contributed by atoms with van der Waals surface area (Å²) in [7, 11) is 0. The molecule has 0 bridgehead atoms. The molecule has 16 heavy (non-hydrogen) atoms. The fraction of sp³-hybridized carbons (Fsp3) is 0.300. The smallest absolute Gasteiger partial charge is 0.253 e. The molecule has 1 aromatic rings. The number of hydrogen-bond donors (Lipinski definition) is 3. The minimum atomic E-state index is -0.212. The van der Waals surface area contributed by atoms with Crippen molar-refractivity contribution in [3.8, 4) is 0 Å². The molecule has 0 aliphatic carbocycles. The topological polar surface area (TPSA) is 101 Å². The number of aromatic nitrogens is 1. The van der Waals surface area contributed by atoms with E-state index in [-0.39, 0.29) is 11.7 Å². The molecule has 6 nitrogen and oxygen atoms in total. The van der Waals surface area contributed by atoms with Crippen LogP contribution in [0.2, 0.25) is 0 Å². The molecule has 86 valence electrons. The summed E-state index contributed by atoms with van der Waals surface area (Å²) in [5.74, 6) is -0.125. The normalized spacial score (nSPS) is 11.2. The number of rotatable bonds is 4. The zero-order valence-electron chi connectivity index (χ0n) is 8.97. The quantitative estimate of drug-likeness (QED) is 0.294. The van der Waals surface area contributed by atoms with Gasteiger partial charge in [-0.3, -0.25) is 9.78 Å².